The van der Waals surface area contributed by atoms with Crippen molar-refractivity contribution in [3.05, 3.63) is 21.9 Å². The van der Waals surface area contributed by atoms with Crippen LogP contribution in [0.15, 0.2) is 10.5 Å². The van der Waals surface area contributed by atoms with Crippen LogP contribution in [0.1, 0.15) is 18.4 Å². The average Bonchev–Trinajstić information content (AvgIpc) is 3.03. The lowest BCUT2D eigenvalue weighted by molar-refractivity contribution is 0.169. The zero-order chi connectivity index (χ0) is 12.0. The highest BCUT2D eigenvalue weighted by molar-refractivity contribution is 9.10. The van der Waals surface area contributed by atoms with E-state index >= 15 is 0 Å². The van der Waals surface area contributed by atoms with E-state index < -0.39 is 0 Å². The van der Waals surface area contributed by atoms with Gasteiger partial charge in [0.1, 0.15) is 19.0 Å². The smallest absolute Gasteiger partial charge is 0.176 e. The van der Waals surface area contributed by atoms with Crippen LogP contribution < -0.4 is 15.2 Å². The van der Waals surface area contributed by atoms with Crippen LogP contribution in [0.3, 0.4) is 0 Å². The SMILES string of the molecule is NC1(Cc2c(F)cc3c(c2Br)OCCO3)CC1. The van der Waals surface area contributed by atoms with Gasteiger partial charge < -0.3 is 15.2 Å². The Bertz CT molecular complexity index is 474. The second-order valence-electron chi connectivity index (χ2n) is 4.71. The fraction of sp³-hybridized carbons (Fsp3) is 0.500. The van der Waals surface area contributed by atoms with Crippen molar-refractivity contribution in [2.45, 2.75) is 24.8 Å². The number of hydrogen-bond acceptors (Lipinski definition) is 3. The topological polar surface area (TPSA) is 44.5 Å². The Morgan fingerprint density at radius 2 is 2.06 bits per heavy atom. The van der Waals surface area contributed by atoms with E-state index in [0.29, 0.717) is 41.2 Å². The highest BCUT2D eigenvalue weighted by Crippen LogP contribution is 2.44. The van der Waals surface area contributed by atoms with Crippen molar-refractivity contribution >= 4 is 15.9 Å². The van der Waals surface area contributed by atoms with Gasteiger partial charge in [-0.05, 0) is 35.2 Å². The average molecular weight is 302 g/mol. The van der Waals surface area contributed by atoms with Crippen molar-refractivity contribution < 1.29 is 13.9 Å². The number of ether oxygens (including phenoxy) is 2. The van der Waals surface area contributed by atoms with Crippen LogP contribution in [0.2, 0.25) is 0 Å². The molecule has 3 rings (SSSR count). The van der Waals surface area contributed by atoms with Crippen LogP contribution >= 0.6 is 15.9 Å². The molecular formula is C12H13BrFNO2. The molecule has 0 spiro atoms. The summed E-state index contributed by atoms with van der Waals surface area (Å²) in [6.45, 7) is 0.948. The highest BCUT2D eigenvalue weighted by atomic mass is 79.9. The van der Waals surface area contributed by atoms with E-state index in [1.807, 2.05) is 0 Å². The number of benzene rings is 1. The maximum atomic E-state index is 14.0. The van der Waals surface area contributed by atoms with Crippen molar-refractivity contribution in [3.63, 3.8) is 0 Å². The molecular weight excluding hydrogens is 289 g/mol. The molecule has 17 heavy (non-hydrogen) atoms. The molecule has 1 fully saturated rings. The van der Waals surface area contributed by atoms with Gasteiger partial charge in [-0.15, -0.1) is 0 Å². The molecule has 0 radical (unpaired) electrons. The first-order chi connectivity index (χ1) is 8.09. The third-order valence-electron chi connectivity index (χ3n) is 3.24. The van der Waals surface area contributed by atoms with Crippen LogP contribution in [0.4, 0.5) is 4.39 Å². The van der Waals surface area contributed by atoms with Crippen molar-refractivity contribution in [3.8, 4) is 11.5 Å². The van der Waals surface area contributed by atoms with Crippen LogP contribution in [-0.4, -0.2) is 18.8 Å². The van der Waals surface area contributed by atoms with E-state index in [1.165, 1.54) is 6.07 Å². The number of rotatable bonds is 2. The predicted octanol–water partition coefficient (Wildman–Crippen LogP) is 2.39. The summed E-state index contributed by atoms with van der Waals surface area (Å²) in [7, 11) is 0. The zero-order valence-corrected chi connectivity index (χ0v) is 10.8. The lowest BCUT2D eigenvalue weighted by atomic mass is 10.0. The van der Waals surface area contributed by atoms with Gasteiger partial charge in [-0.1, -0.05) is 0 Å². The minimum atomic E-state index is -0.280. The molecule has 0 unspecified atom stereocenters. The second-order valence-corrected chi connectivity index (χ2v) is 5.51. The molecule has 1 heterocycles. The molecule has 1 aromatic carbocycles. The van der Waals surface area contributed by atoms with Crippen LogP contribution in [0.25, 0.3) is 0 Å². The van der Waals surface area contributed by atoms with Gasteiger partial charge in [-0.3, -0.25) is 0 Å². The van der Waals surface area contributed by atoms with E-state index in [1.54, 1.807) is 0 Å². The molecule has 92 valence electrons. The monoisotopic (exact) mass is 301 g/mol. The summed E-state index contributed by atoms with van der Waals surface area (Å²) in [5, 5.41) is 0. The standard InChI is InChI=1S/C12H13BrFNO2/c13-10-7(6-12(15)1-2-12)8(14)5-9-11(10)17-4-3-16-9/h5H,1-4,6,15H2. The molecule has 1 aliphatic carbocycles. The van der Waals surface area contributed by atoms with E-state index in [2.05, 4.69) is 15.9 Å². The van der Waals surface area contributed by atoms with Crippen LogP contribution in [0.5, 0.6) is 11.5 Å². The van der Waals surface area contributed by atoms with Crippen molar-refractivity contribution in [2.75, 3.05) is 13.2 Å². The molecule has 5 heteroatoms. The summed E-state index contributed by atoms with van der Waals surface area (Å²) < 4.78 is 25.5. The predicted molar refractivity (Wildman–Crippen MR) is 64.9 cm³/mol. The molecule has 0 atom stereocenters. The van der Waals surface area contributed by atoms with Gasteiger partial charge in [0.05, 0.1) is 4.47 Å². The summed E-state index contributed by atoms with van der Waals surface area (Å²) >= 11 is 3.40. The normalized spacial score (nSPS) is 20.2. The van der Waals surface area contributed by atoms with Gasteiger partial charge in [-0.2, -0.15) is 0 Å². The van der Waals surface area contributed by atoms with E-state index in [4.69, 9.17) is 15.2 Å². The molecule has 1 saturated carbocycles. The Morgan fingerprint density at radius 3 is 2.76 bits per heavy atom. The zero-order valence-electron chi connectivity index (χ0n) is 9.26. The summed E-state index contributed by atoms with van der Waals surface area (Å²) in [5.41, 5.74) is 6.40. The van der Waals surface area contributed by atoms with Gasteiger partial charge >= 0.3 is 0 Å². The molecule has 2 aliphatic rings. The van der Waals surface area contributed by atoms with Gasteiger partial charge in [-0.25, -0.2) is 4.39 Å². The van der Waals surface area contributed by atoms with E-state index in [9.17, 15) is 4.39 Å². The third kappa shape index (κ3) is 2.02. The Hall–Kier alpha value is -0.810. The largest absolute Gasteiger partial charge is 0.486 e. The third-order valence-corrected chi connectivity index (χ3v) is 4.08. The Labute approximate surface area is 107 Å². The molecule has 0 amide bonds. The molecule has 2 N–H and O–H groups in total. The first-order valence-corrected chi connectivity index (χ1v) is 6.44. The Kier molecular flexibility index (Phi) is 2.56. The molecule has 1 aromatic rings. The van der Waals surface area contributed by atoms with Crippen molar-refractivity contribution in [2.24, 2.45) is 5.73 Å². The van der Waals surface area contributed by atoms with Gasteiger partial charge in [0.15, 0.2) is 11.5 Å². The van der Waals surface area contributed by atoms with E-state index in [0.717, 1.165) is 12.8 Å². The van der Waals surface area contributed by atoms with Crippen molar-refractivity contribution in [1.29, 1.82) is 0 Å². The second kappa shape index (κ2) is 3.85. The Balaban J connectivity index is 2.02. The quantitative estimate of drug-likeness (QED) is 0.912. The summed E-state index contributed by atoms with van der Waals surface area (Å²) in [5.74, 6) is 0.779. The maximum Gasteiger partial charge on any atom is 0.176 e. The number of nitrogens with two attached hydrogens (primary N) is 1. The summed E-state index contributed by atoms with van der Waals surface area (Å²) in [6.07, 6.45) is 2.44. The molecule has 1 aliphatic heterocycles. The minimum absolute atomic E-state index is 0.229. The number of hydrogen-bond donors (Lipinski definition) is 1. The Morgan fingerprint density at radius 1 is 1.35 bits per heavy atom. The highest BCUT2D eigenvalue weighted by Gasteiger charge is 2.40. The van der Waals surface area contributed by atoms with E-state index in [-0.39, 0.29) is 11.4 Å². The lowest BCUT2D eigenvalue weighted by Crippen LogP contribution is -2.26. The molecule has 0 saturated heterocycles. The molecule has 3 nitrogen and oxygen atoms in total. The minimum Gasteiger partial charge on any atom is -0.486 e. The van der Waals surface area contributed by atoms with Gasteiger partial charge in [0.2, 0.25) is 0 Å². The number of halogens is 2. The van der Waals surface area contributed by atoms with Crippen LogP contribution in [-0.2, 0) is 6.42 Å². The maximum absolute atomic E-state index is 14.0. The summed E-state index contributed by atoms with van der Waals surface area (Å²) in [6, 6.07) is 1.39. The first kappa shape index (κ1) is 11.3. The number of fused-ring (bicyclic) bond motifs is 1. The lowest BCUT2D eigenvalue weighted by Gasteiger charge is -2.22. The van der Waals surface area contributed by atoms with Crippen molar-refractivity contribution in [1.82, 2.24) is 0 Å². The molecule has 0 aromatic heterocycles. The van der Waals surface area contributed by atoms with Crippen LogP contribution in [0, 0.1) is 5.82 Å². The summed E-state index contributed by atoms with van der Waals surface area (Å²) in [4.78, 5) is 0. The fourth-order valence-electron chi connectivity index (χ4n) is 2.01. The van der Waals surface area contributed by atoms with Gasteiger partial charge in [0.25, 0.3) is 0 Å². The molecule has 0 bridgehead atoms. The van der Waals surface area contributed by atoms with Gasteiger partial charge in [0, 0.05) is 17.2 Å². The fourth-order valence-corrected chi connectivity index (χ4v) is 2.65. The first-order valence-electron chi connectivity index (χ1n) is 5.64.